The van der Waals surface area contributed by atoms with Crippen molar-refractivity contribution in [3.05, 3.63) is 53.2 Å². The van der Waals surface area contributed by atoms with Crippen molar-refractivity contribution < 1.29 is 9.53 Å². The largest absolute Gasteiger partial charge is 0.363 e. The van der Waals surface area contributed by atoms with Gasteiger partial charge in [0.1, 0.15) is 6.10 Å². The lowest BCUT2D eigenvalue weighted by Gasteiger charge is -2.40. The molecule has 1 aromatic carbocycles. The van der Waals surface area contributed by atoms with E-state index in [0.717, 1.165) is 24.6 Å². The summed E-state index contributed by atoms with van der Waals surface area (Å²) in [5.74, 6) is 2.03. The first kappa shape index (κ1) is 16.7. The zero-order valence-corrected chi connectivity index (χ0v) is 15.3. The monoisotopic (exact) mass is 364 g/mol. The normalized spacial score (nSPS) is 22.1. The minimum atomic E-state index is -0.378. The number of nitrogens with one attached hydrogen (secondary N) is 1. The van der Waals surface area contributed by atoms with Crippen LogP contribution in [0.1, 0.15) is 35.6 Å². The van der Waals surface area contributed by atoms with Crippen molar-refractivity contribution in [2.45, 2.75) is 37.9 Å². The summed E-state index contributed by atoms with van der Waals surface area (Å²) >= 11 is 0. The number of ether oxygens (including phenoxy) is 1. The van der Waals surface area contributed by atoms with E-state index in [1.165, 1.54) is 24.0 Å². The Balaban J connectivity index is 1.08. The summed E-state index contributed by atoms with van der Waals surface area (Å²) in [6.45, 7) is 3.02. The van der Waals surface area contributed by atoms with E-state index in [0.29, 0.717) is 31.4 Å². The number of aromatic nitrogens is 2. The molecule has 2 aromatic rings. The maximum Gasteiger partial charge on any atom is 0.249 e. The Kier molecular flexibility index (Phi) is 4.28. The van der Waals surface area contributed by atoms with Crippen LogP contribution in [0.5, 0.6) is 0 Å². The number of fused-ring (bicyclic) bond motifs is 1. The first-order chi connectivity index (χ1) is 13.3. The predicted octanol–water partition coefficient (Wildman–Crippen LogP) is 2.05. The fourth-order valence-corrected chi connectivity index (χ4v) is 3.86. The first-order valence-electron chi connectivity index (χ1n) is 9.81. The summed E-state index contributed by atoms with van der Waals surface area (Å²) < 4.78 is 5.74. The van der Waals surface area contributed by atoms with Gasteiger partial charge < -0.3 is 15.0 Å². The second-order valence-corrected chi connectivity index (χ2v) is 7.88. The molecule has 1 N–H and O–H groups in total. The standard InChI is InChI=1S/C21H24N4O2/c26-21(19-9-16-3-1-2-4-17(16)13-27-19)22-10-14-11-25(12-14)20-8-7-18(23-24-20)15-5-6-15/h1-4,7-8,14-15,19H,5-6,9-13H2,(H,22,26). The molecule has 2 aliphatic heterocycles. The number of amides is 1. The van der Waals surface area contributed by atoms with Gasteiger partial charge in [0.05, 0.1) is 12.3 Å². The number of hydrogen-bond acceptors (Lipinski definition) is 5. The van der Waals surface area contributed by atoms with Crippen molar-refractivity contribution in [3.8, 4) is 0 Å². The molecule has 3 heterocycles. The maximum absolute atomic E-state index is 12.4. The Morgan fingerprint density at radius 2 is 1.93 bits per heavy atom. The van der Waals surface area contributed by atoms with Crippen LogP contribution >= 0.6 is 0 Å². The van der Waals surface area contributed by atoms with E-state index in [1.54, 1.807) is 0 Å². The maximum atomic E-state index is 12.4. The zero-order chi connectivity index (χ0) is 18.2. The molecular formula is C21H24N4O2. The Morgan fingerprint density at radius 1 is 1.11 bits per heavy atom. The molecule has 6 nitrogen and oxygen atoms in total. The van der Waals surface area contributed by atoms with Crippen LogP contribution in [-0.2, 0) is 22.6 Å². The van der Waals surface area contributed by atoms with Crippen LogP contribution in [0.15, 0.2) is 36.4 Å². The number of rotatable bonds is 5. The summed E-state index contributed by atoms with van der Waals surface area (Å²) in [7, 11) is 0. The molecule has 0 spiro atoms. The van der Waals surface area contributed by atoms with E-state index in [2.05, 4.69) is 44.7 Å². The molecule has 2 fully saturated rings. The Bertz CT molecular complexity index is 828. The summed E-state index contributed by atoms with van der Waals surface area (Å²) in [5, 5.41) is 11.8. The van der Waals surface area contributed by atoms with E-state index in [1.807, 2.05) is 12.1 Å². The van der Waals surface area contributed by atoms with Gasteiger partial charge in [0.25, 0.3) is 0 Å². The zero-order valence-electron chi connectivity index (χ0n) is 15.3. The average Bonchev–Trinajstić information content (AvgIpc) is 3.52. The molecule has 1 saturated carbocycles. The molecular weight excluding hydrogens is 340 g/mol. The highest BCUT2D eigenvalue weighted by Gasteiger charge is 2.31. The van der Waals surface area contributed by atoms with Gasteiger partial charge in [-0.15, -0.1) is 5.10 Å². The Labute approximate surface area is 158 Å². The van der Waals surface area contributed by atoms with Crippen LogP contribution < -0.4 is 10.2 Å². The molecule has 1 aliphatic carbocycles. The molecule has 1 atom stereocenters. The smallest absolute Gasteiger partial charge is 0.249 e. The lowest BCUT2D eigenvalue weighted by Crippen LogP contribution is -2.53. The van der Waals surface area contributed by atoms with E-state index >= 15 is 0 Å². The SMILES string of the molecule is O=C(NCC1CN(c2ccc(C3CC3)nn2)C1)C1Cc2ccccc2CO1. The van der Waals surface area contributed by atoms with Crippen molar-refractivity contribution in [2.75, 3.05) is 24.5 Å². The molecule has 1 aromatic heterocycles. The van der Waals surface area contributed by atoms with Gasteiger partial charge in [0.15, 0.2) is 5.82 Å². The highest BCUT2D eigenvalue weighted by Crippen LogP contribution is 2.39. The van der Waals surface area contributed by atoms with Gasteiger partial charge in [0.2, 0.25) is 5.91 Å². The minimum Gasteiger partial charge on any atom is -0.363 e. The van der Waals surface area contributed by atoms with Gasteiger partial charge in [-0.1, -0.05) is 24.3 Å². The number of benzene rings is 1. The molecule has 1 unspecified atom stereocenters. The van der Waals surface area contributed by atoms with Crippen LogP contribution in [0, 0.1) is 5.92 Å². The fraction of sp³-hybridized carbons (Fsp3) is 0.476. The quantitative estimate of drug-likeness (QED) is 0.880. The topological polar surface area (TPSA) is 67.4 Å². The second-order valence-electron chi connectivity index (χ2n) is 7.88. The van der Waals surface area contributed by atoms with Crippen LogP contribution in [0.2, 0.25) is 0 Å². The van der Waals surface area contributed by atoms with Crippen molar-refractivity contribution in [1.29, 1.82) is 0 Å². The molecule has 5 rings (SSSR count). The highest BCUT2D eigenvalue weighted by molar-refractivity contribution is 5.81. The highest BCUT2D eigenvalue weighted by atomic mass is 16.5. The van der Waals surface area contributed by atoms with Crippen molar-refractivity contribution in [3.63, 3.8) is 0 Å². The Morgan fingerprint density at radius 3 is 2.67 bits per heavy atom. The molecule has 6 heteroatoms. The van der Waals surface area contributed by atoms with Crippen molar-refractivity contribution in [2.24, 2.45) is 5.92 Å². The van der Waals surface area contributed by atoms with Gasteiger partial charge in [0, 0.05) is 37.9 Å². The molecule has 1 amide bonds. The second kappa shape index (κ2) is 6.93. The first-order valence-corrected chi connectivity index (χ1v) is 9.81. The molecule has 1 saturated heterocycles. The molecule has 27 heavy (non-hydrogen) atoms. The van der Waals surface area contributed by atoms with Crippen molar-refractivity contribution >= 4 is 11.7 Å². The number of carbonyl (C=O) groups excluding carboxylic acids is 1. The predicted molar refractivity (Wildman–Crippen MR) is 101 cm³/mol. The van der Waals surface area contributed by atoms with E-state index < -0.39 is 0 Å². The van der Waals surface area contributed by atoms with Gasteiger partial charge in [-0.3, -0.25) is 4.79 Å². The third kappa shape index (κ3) is 3.54. The van der Waals surface area contributed by atoms with Crippen LogP contribution in [0.4, 0.5) is 5.82 Å². The van der Waals surface area contributed by atoms with Gasteiger partial charge in [-0.2, -0.15) is 5.10 Å². The number of carbonyl (C=O) groups is 1. The van der Waals surface area contributed by atoms with Gasteiger partial charge in [-0.25, -0.2) is 0 Å². The molecule has 0 radical (unpaired) electrons. The number of hydrogen-bond donors (Lipinski definition) is 1. The third-order valence-electron chi connectivity index (χ3n) is 5.77. The van der Waals surface area contributed by atoms with Gasteiger partial charge >= 0.3 is 0 Å². The van der Waals surface area contributed by atoms with Crippen LogP contribution in [0.25, 0.3) is 0 Å². The lowest BCUT2D eigenvalue weighted by atomic mass is 9.98. The van der Waals surface area contributed by atoms with E-state index in [4.69, 9.17) is 4.74 Å². The van der Waals surface area contributed by atoms with Crippen LogP contribution in [-0.4, -0.2) is 41.8 Å². The summed E-state index contributed by atoms with van der Waals surface area (Å²) in [4.78, 5) is 14.7. The van der Waals surface area contributed by atoms with Crippen molar-refractivity contribution in [1.82, 2.24) is 15.5 Å². The number of nitrogens with zero attached hydrogens (tertiary/aromatic N) is 3. The average molecular weight is 364 g/mol. The van der Waals surface area contributed by atoms with E-state index in [9.17, 15) is 4.79 Å². The number of anilines is 1. The third-order valence-corrected chi connectivity index (χ3v) is 5.77. The fourth-order valence-electron chi connectivity index (χ4n) is 3.86. The summed E-state index contributed by atoms with van der Waals surface area (Å²) in [5.41, 5.74) is 3.52. The van der Waals surface area contributed by atoms with E-state index in [-0.39, 0.29) is 12.0 Å². The Hall–Kier alpha value is -2.47. The molecule has 0 bridgehead atoms. The lowest BCUT2D eigenvalue weighted by molar-refractivity contribution is -0.134. The van der Waals surface area contributed by atoms with Gasteiger partial charge in [-0.05, 0) is 36.1 Å². The summed E-state index contributed by atoms with van der Waals surface area (Å²) in [6.07, 6.45) is 2.77. The molecule has 3 aliphatic rings. The van der Waals surface area contributed by atoms with Crippen LogP contribution in [0.3, 0.4) is 0 Å². The molecule has 140 valence electrons. The minimum absolute atomic E-state index is 0.00321. The summed E-state index contributed by atoms with van der Waals surface area (Å²) in [6, 6.07) is 12.3.